The van der Waals surface area contributed by atoms with Crippen LogP contribution in [0.1, 0.15) is 48.0 Å². The molecule has 1 aliphatic heterocycles. The molecule has 3 heterocycles. The Labute approximate surface area is 255 Å². The van der Waals surface area contributed by atoms with Crippen molar-refractivity contribution in [1.29, 1.82) is 0 Å². The SMILES string of the molecule is COC(=O)c1cc(-c2cnc(N)c(C(=O)Nc3cnccc3N3CCOCC3)n2)ccc1OCCCNC(=O)OC(C)(C)C. The molecule has 1 fully saturated rings. The number of hydrogen-bond donors (Lipinski definition) is 3. The molecule has 234 valence electrons. The van der Waals surface area contributed by atoms with Gasteiger partial charge in [-0.05, 0) is 51.5 Å². The number of esters is 1. The zero-order chi connectivity index (χ0) is 31.7. The third-order valence-corrected chi connectivity index (χ3v) is 6.34. The first kappa shape index (κ1) is 31.9. The Morgan fingerprint density at radius 3 is 2.61 bits per heavy atom. The highest BCUT2D eigenvalue weighted by molar-refractivity contribution is 6.07. The second kappa shape index (κ2) is 14.5. The average Bonchev–Trinajstić information content (AvgIpc) is 3.00. The summed E-state index contributed by atoms with van der Waals surface area (Å²) in [6.07, 6.45) is 4.57. The van der Waals surface area contributed by atoms with Crippen molar-refractivity contribution in [2.24, 2.45) is 0 Å². The van der Waals surface area contributed by atoms with E-state index in [9.17, 15) is 14.4 Å². The van der Waals surface area contributed by atoms with Gasteiger partial charge in [-0.15, -0.1) is 0 Å². The van der Waals surface area contributed by atoms with Crippen LogP contribution in [0.3, 0.4) is 0 Å². The first-order chi connectivity index (χ1) is 21.1. The third kappa shape index (κ3) is 8.53. The lowest BCUT2D eigenvalue weighted by atomic mass is 10.1. The van der Waals surface area contributed by atoms with Crippen molar-refractivity contribution in [3.8, 4) is 17.0 Å². The summed E-state index contributed by atoms with van der Waals surface area (Å²) in [5.74, 6) is -0.961. The summed E-state index contributed by atoms with van der Waals surface area (Å²) in [4.78, 5) is 52.6. The van der Waals surface area contributed by atoms with E-state index in [2.05, 4.69) is 30.5 Å². The molecule has 0 bridgehead atoms. The number of morpholine rings is 1. The van der Waals surface area contributed by atoms with E-state index < -0.39 is 23.6 Å². The number of aromatic nitrogens is 3. The molecule has 44 heavy (non-hydrogen) atoms. The number of ether oxygens (including phenoxy) is 4. The number of methoxy groups -OCH3 is 1. The number of carbonyl (C=O) groups is 3. The van der Waals surface area contributed by atoms with Gasteiger partial charge in [0.2, 0.25) is 0 Å². The number of nitrogens with two attached hydrogens (primary N) is 1. The Morgan fingerprint density at radius 1 is 1.11 bits per heavy atom. The van der Waals surface area contributed by atoms with Crippen LogP contribution in [0.25, 0.3) is 11.3 Å². The molecule has 0 saturated carbocycles. The van der Waals surface area contributed by atoms with E-state index >= 15 is 0 Å². The first-order valence-corrected chi connectivity index (χ1v) is 14.1. The van der Waals surface area contributed by atoms with E-state index in [4.69, 9.17) is 24.7 Å². The fraction of sp³-hybridized carbons (Fsp3) is 0.400. The van der Waals surface area contributed by atoms with Crippen LogP contribution in [0.15, 0.2) is 42.9 Å². The second-order valence-electron chi connectivity index (χ2n) is 10.8. The number of nitrogens with zero attached hydrogens (tertiary/aromatic N) is 4. The maximum Gasteiger partial charge on any atom is 0.407 e. The van der Waals surface area contributed by atoms with Crippen molar-refractivity contribution in [2.75, 3.05) is 62.5 Å². The van der Waals surface area contributed by atoms with E-state index in [1.807, 2.05) is 6.07 Å². The van der Waals surface area contributed by atoms with Gasteiger partial charge >= 0.3 is 12.1 Å². The molecular formula is C30H37N7O7. The minimum atomic E-state index is -0.623. The van der Waals surface area contributed by atoms with Gasteiger partial charge in [0.1, 0.15) is 16.9 Å². The molecule has 0 atom stereocenters. The number of anilines is 3. The van der Waals surface area contributed by atoms with Crippen LogP contribution in [0.2, 0.25) is 0 Å². The maximum absolute atomic E-state index is 13.3. The summed E-state index contributed by atoms with van der Waals surface area (Å²) in [5.41, 5.74) is 7.62. The predicted octanol–water partition coefficient (Wildman–Crippen LogP) is 3.29. The number of alkyl carbamates (subject to hydrolysis) is 1. The Bertz CT molecular complexity index is 1490. The lowest BCUT2D eigenvalue weighted by Gasteiger charge is -2.30. The Kier molecular flexibility index (Phi) is 10.5. The van der Waals surface area contributed by atoms with E-state index in [0.29, 0.717) is 56.2 Å². The average molecular weight is 608 g/mol. The maximum atomic E-state index is 13.3. The molecule has 1 aromatic carbocycles. The molecule has 14 nitrogen and oxygen atoms in total. The van der Waals surface area contributed by atoms with Crippen LogP contribution in [-0.2, 0) is 14.2 Å². The van der Waals surface area contributed by atoms with Crippen LogP contribution in [0.5, 0.6) is 5.75 Å². The van der Waals surface area contributed by atoms with Gasteiger partial charge in [0.15, 0.2) is 11.5 Å². The van der Waals surface area contributed by atoms with E-state index in [0.717, 1.165) is 5.69 Å². The second-order valence-corrected chi connectivity index (χ2v) is 10.8. The molecule has 0 spiro atoms. The van der Waals surface area contributed by atoms with Gasteiger partial charge in [-0.25, -0.2) is 19.6 Å². The number of nitrogens with one attached hydrogen (secondary N) is 2. The lowest BCUT2D eigenvalue weighted by molar-refractivity contribution is 0.0525. The Morgan fingerprint density at radius 2 is 1.89 bits per heavy atom. The minimum absolute atomic E-state index is 0.0591. The number of benzene rings is 1. The van der Waals surface area contributed by atoms with E-state index in [1.165, 1.54) is 13.3 Å². The summed E-state index contributed by atoms with van der Waals surface area (Å²) in [6, 6.07) is 6.65. The number of rotatable bonds is 10. The van der Waals surface area contributed by atoms with Crippen molar-refractivity contribution in [3.63, 3.8) is 0 Å². The van der Waals surface area contributed by atoms with Gasteiger partial charge < -0.3 is 40.2 Å². The molecule has 4 rings (SSSR count). The normalized spacial score (nSPS) is 13.1. The summed E-state index contributed by atoms with van der Waals surface area (Å²) in [5, 5.41) is 5.50. The van der Waals surface area contributed by atoms with Gasteiger partial charge in [0.05, 0.1) is 56.4 Å². The molecule has 3 aromatic rings. The summed E-state index contributed by atoms with van der Waals surface area (Å²) < 4.78 is 21.4. The van der Waals surface area contributed by atoms with Crippen molar-refractivity contribution < 1.29 is 33.3 Å². The fourth-order valence-electron chi connectivity index (χ4n) is 4.29. The fourth-order valence-corrected chi connectivity index (χ4v) is 4.29. The molecule has 2 amide bonds. The topological polar surface area (TPSA) is 180 Å². The molecule has 0 radical (unpaired) electrons. The zero-order valence-electron chi connectivity index (χ0n) is 25.2. The van der Waals surface area contributed by atoms with E-state index in [1.54, 1.807) is 51.4 Å². The largest absolute Gasteiger partial charge is 0.493 e. The smallest absolute Gasteiger partial charge is 0.407 e. The number of nitrogen functional groups attached to an aromatic ring is 1. The Hall–Kier alpha value is -4.98. The van der Waals surface area contributed by atoms with Gasteiger partial charge in [0.25, 0.3) is 5.91 Å². The zero-order valence-corrected chi connectivity index (χ0v) is 25.2. The summed E-state index contributed by atoms with van der Waals surface area (Å²) in [7, 11) is 1.26. The van der Waals surface area contributed by atoms with Crippen molar-refractivity contribution in [1.82, 2.24) is 20.3 Å². The molecule has 1 aliphatic rings. The highest BCUT2D eigenvalue weighted by atomic mass is 16.6. The highest BCUT2D eigenvalue weighted by Crippen LogP contribution is 2.29. The lowest BCUT2D eigenvalue weighted by Crippen LogP contribution is -2.36. The number of carbonyl (C=O) groups excluding carboxylic acids is 3. The first-order valence-electron chi connectivity index (χ1n) is 14.1. The van der Waals surface area contributed by atoms with Crippen molar-refractivity contribution in [3.05, 3.63) is 54.1 Å². The number of amides is 2. The van der Waals surface area contributed by atoms with Crippen molar-refractivity contribution in [2.45, 2.75) is 32.8 Å². The van der Waals surface area contributed by atoms with Crippen LogP contribution in [-0.4, -0.2) is 85.1 Å². The van der Waals surface area contributed by atoms with E-state index in [-0.39, 0.29) is 29.4 Å². The molecule has 0 aliphatic carbocycles. The van der Waals surface area contributed by atoms with Crippen LogP contribution in [0, 0.1) is 0 Å². The standard InChI is InChI=1S/C30H37N7O7/c1-30(2,3)44-29(40)33-9-5-13-43-24-7-6-19(16-20(24)28(39)41-4)21-18-34-26(31)25(35-21)27(38)36-22-17-32-10-8-23(22)37-11-14-42-15-12-37/h6-8,10,16-18H,5,9,11-15H2,1-4H3,(H2,31,34)(H,33,40)(H,36,38). The van der Waals surface area contributed by atoms with Gasteiger partial charge in [0, 0.05) is 31.4 Å². The van der Waals surface area contributed by atoms with Gasteiger partial charge in [-0.2, -0.15) is 0 Å². The van der Waals surface area contributed by atoms with Gasteiger partial charge in [-0.1, -0.05) is 0 Å². The number of hydrogen-bond acceptors (Lipinski definition) is 12. The van der Waals surface area contributed by atoms with Crippen molar-refractivity contribution >= 4 is 35.2 Å². The van der Waals surface area contributed by atoms with Crippen LogP contribution >= 0.6 is 0 Å². The molecule has 14 heteroatoms. The molecule has 1 saturated heterocycles. The number of pyridine rings is 1. The third-order valence-electron chi connectivity index (χ3n) is 6.34. The monoisotopic (exact) mass is 607 g/mol. The van der Waals surface area contributed by atoms with Crippen LogP contribution < -0.4 is 26.0 Å². The molecule has 2 aromatic heterocycles. The predicted molar refractivity (Wildman–Crippen MR) is 163 cm³/mol. The summed E-state index contributed by atoms with van der Waals surface area (Å²) in [6.45, 7) is 8.39. The minimum Gasteiger partial charge on any atom is -0.493 e. The Balaban J connectivity index is 1.47. The molecule has 4 N–H and O–H groups in total. The molecular weight excluding hydrogens is 570 g/mol. The van der Waals surface area contributed by atoms with Crippen LogP contribution in [0.4, 0.5) is 22.0 Å². The quantitative estimate of drug-likeness (QED) is 0.226. The highest BCUT2D eigenvalue weighted by Gasteiger charge is 2.21. The summed E-state index contributed by atoms with van der Waals surface area (Å²) >= 11 is 0. The molecule has 0 unspecified atom stereocenters. The van der Waals surface area contributed by atoms with Gasteiger partial charge in [-0.3, -0.25) is 9.78 Å².